The van der Waals surface area contributed by atoms with Gasteiger partial charge in [0.2, 0.25) is 0 Å². The van der Waals surface area contributed by atoms with Gasteiger partial charge in [-0.1, -0.05) is 37.3 Å². The van der Waals surface area contributed by atoms with Crippen molar-refractivity contribution in [2.45, 2.75) is 39.2 Å². The van der Waals surface area contributed by atoms with Crippen LogP contribution in [0.25, 0.3) is 5.65 Å². The second-order valence-corrected chi connectivity index (χ2v) is 6.61. The molecule has 1 unspecified atom stereocenters. The van der Waals surface area contributed by atoms with Gasteiger partial charge in [0, 0.05) is 26.2 Å². The lowest BCUT2D eigenvalue weighted by Crippen LogP contribution is -2.39. The molecule has 2 N–H and O–H groups in total. The smallest absolute Gasteiger partial charge is 0.191 e. The molecular formula is C21H28N6. The molecule has 0 aliphatic heterocycles. The van der Waals surface area contributed by atoms with Gasteiger partial charge < -0.3 is 10.6 Å². The molecular weight excluding hydrogens is 336 g/mol. The Balaban J connectivity index is 1.47. The molecule has 0 bridgehead atoms. The molecule has 0 aliphatic carbocycles. The van der Waals surface area contributed by atoms with Crippen molar-refractivity contribution >= 4 is 11.6 Å². The standard InChI is InChI=1S/C21H28N6/c1-4-17-10-12-18(13-11-17)16(2)24-21(22-3)23-14-7-9-20-26-25-19-8-5-6-15-27(19)20/h5-6,8,10-13,15-16H,4,7,9,14H2,1-3H3,(H2,22,23,24). The quantitative estimate of drug-likeness (QED) is 0.384. The van der Waals surface area contributed by atoms with Crippen LogP contribution in [0.4, 0.5) is 0 Å². The third-order valence-electron chi connectivity index (χ3n) is 4.72. The zero-order chi connectivity index (χ0) is 19.1. The molecule has 1 atom stereocenters. The summed E-state index contributed by atoms with van der Waals surface area (Å²) in [5, 5.41) is 15.3. The molecule has 0 radical (unpaired) electrons. The van der Waals surface area contributed by atoms with Crippen LogP contribution in [0.1, 0.15) is 43.3 Å². The van der Waals surface area contributed by atoms with Crippen LogP contribution >= 0.6 is 0 Å². The fraction of sp³-hybridized carbons (Fsp3) is 0.381. The van der Waals surface area contributed by atoms with E-state index in [-0.39, 0.29) is 6.04 Å². The summed E-state index contributed by atoms with van der Waals surface area (Å²) in [5.74, 6) is 1.80. The number of benzene rings is 1. The summed E-state index contributed by atoms with van der Waals surface area (Å²) in [5.41, 5.74) is 3.50. The number of hydrogen-bond acceptors (Lipinski definition) is 3. The summed E-state index contributed by atoms with van der Waals surface area (Å²) in [6.07, 6.45) is 4.88. The van der Waals surface area contributed by atoms with Gasteiger partial charge in [0.15, 0.2) is 11.6 Å². The van der Waals surface area contributed by atoms with Crippen molar-refractivity contribution in [3.8, 4) is 0 Å². The molecule has 3 aromatic rings. The van der Waals surface area contributed by atoms with Crippen molar-refractivity contribution in [1.29, 1.82) is 0 Å². The van der Waals surface area contributed by atoms with E-state index in [0.717, 1.165) is 43.2 Å². The van der Waals surface area contributed by atoms with Gasteiger partial charge in [-0.2, -0.15) is 0 Å². The lowest BCUT2D eigenvalue weighted by molar-refractivity contribution is 0.667. The Labute approximate surface area is 160 Å². The zero-order valence-electron chi connectivity index (χ0n) is 16.3. The van der Waals surface area contributed by atoms with Gasteiger partial charge >= 0.3 is 0 Å². The number of aromatic nitrogens is 3. The van der Waals surface area contributed by atoms with Crippen molar-refractivity contribution in [1.82, 2.24) is 25.2 Å². The highest BCUT2D eigenvalue weighted by atomic mass is 15.2. The first-order valence-corrected chi connectivity index (χ1v) is 9.56. The van der Waals surface area contributed by atoms with Crippen LogP contribution in [-0.4, -0.2) is 34.2 Å². The number of fused-ring (bicyclic) bond motifs is 1. The van der Waals surface area contributed by atoms with Crippen LogP contribution in [0.3, 0.4) is 0 Å². The molecule has 2 heterocycles. The van der Waals surface area contributed by atoms with Gasteiger partial charge in [-0.05, 0) is 43.0 Å². The van der Waals surface area contributed by atoms with Crippen molar-refractivity contribution in [2.75, 3.05) is 13.6 Å². The molecule has 0 aliphatic rings. The fourth-order valence-corrected chi connectivity index (χ4v) is 3.04. The first kappa shape index (κ1) is 18.9. The van der Waals surface area contributed by atoms with E-state index in [0.29, 0.717) is 0 Å². The summed E-state index contributed by atoms with van der Waals surface area (Å²) >= 11 is 0. The summed E-state index contributed by atoms with van der Waals surface area (Å²) < 4.78 is 2.04. The molecule has 0 saturated carbocycles. The normalized spacial score (nSPS) is 12.9. The number of pyridine rings is 1. The van der Waals surface area contributed by atoms with Gasteiger partial charge in [-0.15, -0.1) is 10.2 Å². The predicted octanol–water partition coefficient (Wildman–Crippen LogP) is 3.15. The lowest BCUT2D eigenvalue weighted by Gasteiger charge is -2.18. The Morgan fingerprint density at radius 1 is 1.15 bits per heavy atom. The predicted molar refractivity (Wildman–Crippen MR) is 110 cm³/mol. The van der Waals surface area contributed by atoms with Crippen LogP contribution < -0.4 is 10.6 Å². The number of nitrogens with one attached hydrogen (secondary N) is 2. The van der Waals surface area contributed by atoms with Crippen LogP contribution in [0.15, 0.2) is 53.7 Å². The van der Waals surface area contributed by atoms with E-state index in [2.05, 4.69) is 63.9 Å². The van der Waals surface area contributed by atoms with Crippen molar-refractivity contribution in [3.05, 3.63) is 65.6 Å². The molecule has 27 heavy (non-hydrogen) atoms. The first-order valence-electron chi connectivity index (χ1n) is 9.56. The summed E-state index contributed by atoms with van der Waals surface area (Å²) in [7, 11) is 1.80. The minimum absolute atomic E-state index is 0.197. The summed E-state index contributed by atoms with van der Waals surface area (Å²) in [6, 6.07) is 14.9. The highest BCUT2D eigenvalue weighted by Gasteiger charge is 2.08. The Hall–Kier alpha value is -2.89. The van der Waals surface area contributed by atoms with Gasteiger partial charge in [-0.25, -0.2) is 0 Å². The molecule has 3 rings (SSSR count). The number of rotatable bonds is 7. The molecule has 6 heteroatoms. The van der Waals surface area contributed by atoms with E-state index in [4.69, 9.17) is 0 Å². The van der Waals surface area contributed by atoms with Gasteiger partial charge in [-0.3, -0.25) is 9.39 Å². The minimum atomic E-state index is 0.197. The highest BCUT2D eigenvalue weighted by molar-refractivity contribution is 5.80. The van der Waals surface area contributed by atoms with Crippen molar-refractivity contribution < 1.29 is 0 Å². The lowest BCUT2D eigenvalue weighted by atomic mass is 10.1. The first-order chi connectivity index (χ1) is 13.2. The van der Waals surface area contributed by atoms with Crippen LogP contribution in [-0.2, 0) is 12.8 Å². The van der Waals surface area contributed by atoms with Crippen LogP contribution in [0.5, 0.6) is 0 Å². The summed E-state index contributed by atoms with van der Waals surface area (Å²) in [6.45, 7) is 5.14. The number of aryl methyl sites for hydroxylation is 2. The summed E-state index contributed by atoms with van der Waals surface area (Å²) in [4.78, 5) is 4.33. The monoisotopic (exact) mass is 364 g/mol. The SMILES string of the molecule is CCc1ccc(C(C)NC(=NC)NCCCc2nnc3ccccn23)cc1. The van der Waals surface area contributed by atoms with Crippen molar-refractivity contribution in [2.24, 2.45) is 4.99 Å². The number of aliphatic imine (C=N–C) groups is 1. The average Bonchev–Trinajstić information content (AvgIpc) is 3.13. The third kappa shape index (κ3) is 4.84. The maximum atomic E-state index is 4.33. The van der Waals surface area contributed by atoms with E-state index < -0.39 is 0 Å². The van der Waals surface area contributed by atoms with Crippen molar-refractivity contribution in [3.63, 3.8) is 0 Å². The molecule has 1 aromatic carbocycles. The average molecular weight is 364 g/mol. The number of hydrogen-bond donors (Lipinski definition) is 2. The van der Waals surface area contributed by atoms with Crippen LogP contribution in [0, 0.1) is 0 Å². The topological polar surface area (TPSA) is 66.6 Å². The minimum Gasteiger partial charge on any atom is -0.356 e. The zero-order valence-corrected chi connectivity index (χ0v) is 16.3. The van der Waals surface area contributed by atoms with E-state index in [1.54, 1.807) is 7.05 Å². The number of nitrogens with zero attached hydrogens (tertiary/aromatic N) is 4. The molecule has 0 fully saturated rings. The van der Waals surface area contributed by atoms with Crippen LogP contribution in [0.2, 0.25) is 0 Å². The second-order valence-electron chi connectivity index (χ2n) is 6.61. The maximum Gasteiger partial charge on any atom is 0.191 e. The molecule has 6 nitrogen and oxygen atoms in total. The fourth-order valence-electron chi connectivity index (χ4n) is 3.04. The highest BCUT2D eigenvalue weighted by Crippen LogP contribution is 2.13. The molecule has 142 valence electrons. The third-order valence-corrected chi connectivity index (χ3v) is 4.72. The molecule has 0 saturated heterocycles. The van der Waals surface area contributed by atoms with E-state index >= 15 is 0 Å². The Bertz CT molecular complexity index is 881. The van der Waals surface area contributed by atoms with Gasteiger partial charge in [0.25, 0.3) is 0 Å². The molecule has 0 amide bonds. The maximum absolute atomic E-state index is 4.33. The van der Waals surface area contributed by atoms with E-state index in [1.165, 1.54) is 11.1 Å². The van der Waals surface area contributed by atoms with Gasteiger partial charge in [0.1, 0.15) is 5.82 Å². The Kier molecular flexibility index (Phi) is 6.41. The van der Waals surface area contributed by atoms with Gasteiger partial charge in [0.05, 0.1) is 6.04 Å². The molecule has 0 spiro atoms. The number of guanidine groups is 1. The van der Waals surface area contributed by atoms with E-state index in [9.17, 15) is 0 Å². The Morgan fingerprint density at radius 3 is 2.70 bits per heavy atom. The van der Waals surface area contributed by atoms with E-state index in [1.807, 2.05) is 28.8 Å². The molecule has 2 aromatic heterocycles. The largest absolute Gasteiger partial charge is 0.356 e. The second kappa shape index (κ2) is 9.16. The Morgan fingerprint density at radius 2 is 1.96 bits per heavy atom.